The minimum atomic E-state index is 0.409. The van der Waals surface area contributed by atoms with Crippen molar-refractivity contribution in [2.24, 2.45) is 0 Å². The number of hydrogen-bond donors (Lipinski definition) is 0. The zero-order valence-corrected chi connectivity index (χ0v) is 12.3. The molecule has 0 radical (unpaired) electrons. The van der Waals surface area contributed by atoms with E-state index in [0.717, 1.165) is 11.3 Å². The Morgan fingerprint density at radius 2 is 1.85 bits per heavy atom. The first-order valence-electron chi connectivity index (χ1n) is 6.37. The van der Waals surface area contributed by atoms with Crippen molar-refractivity contribution in [1.82, 2.24) is 20.3 Å². The van der Waals surface area contributed by atoms with Gasteiger partial charge in [-0.05, 0) is 25.0 Å². The molecule has 3 aromatic rings. The van der Waals surface area contributed by atoms with Gasteiger partial charge in [-0.2, -0.15) is 9.97 Å². The fourth-order valence-electron chi connectivity index (χ4n) is 1.96. The molecule has 104 valence electrons. The van der Waals surface area contributed by atoms with E-state index in [4.69, 9.17) is 9.05 Å². The summed E-state index contributed by atoms with van der Waals surface area (Å²) in [6.07, 6.45) is 1.42. The van der Waals surface area contributed by atoms with Crippen LogP contribution in [0.4, 0.5) is 0 Å². The summed E-state index contributed by atoms with van der Waals surface area (Å²) in [5.41, 5.74) is 1.26. The normalized spacial score (nSPS) is 11.2. The van der Waals surface area contributed by atoms with Gasteiger partial charge >= 0.3 is 0 Å². The average molecular weight is 290 g/mol. The maximum absolute atomic E-state index is 5.31. The van der Waals surface area contributed by atoms with Gasteiger partial charge in [0, 0.05) is 11.8 Å². The van der Waals surface area contributed by atoms with Crippen molar-refractivity contribution in [1.29, 1.82) is 0 Å². The van der Waals surface area contributed by atoms with Crippen LogP contribution < -0.4 is 0 Å². The lowest BCUT2D eigenvalue weighted by atomic mass is 10.2. The Kier molecular flexibility index (Phi) is 3.35. The van der Waals surface area contributed by atoms with Crippen molar-refractivity contribution >= 4 is 11.3 Å². The SMILES string of the molecule is CCc1sc(-c2nc(Cc3noc(C)n3)no2)cc1C. The fourth-order valence-corrected chi connectivity index (χ4v) is 2.99. The molecule has 20 heavy (non-hydrogen) atoms. The molecular formula is C13H14N4O2S. The van der Waals surface area contributed by atoms with E-state index in [1.54, 1.807) is 18.3 Å². The monoisotopic (exact) mass is 290 g/mol. The molecule has 0 unspecified atom stereocenters. The van der Waals surface area contributed by atoms with Gasteiger partial charge in [-0.1, -0.05) is 17.2 Å². The van der Waals surface area contributed by atoms with Crippen LogP contribution in [0, 0.1) is 13.8 Å². The zero-order chi connectivity index (χ0) is 14.1. The molecule has 0 aliphatic heterocycles. The van der Waals surface area contributed by atoms with Crippen LogP contribution in [0.15, 0.2) is 15.1 Å². The molecule has 0 aliphatic rings. The number of hydrogen-bond acceptors (Lipinski definition) is 7. The maximum Gasteiger partial charge on any atom is 0.268 e. The molecule has 0 spiro atoms. The Balaban J connectivity index is 1.82. The van der Waals surface area contributed by atoms with E-state index in [1.807, 2.05) is 0 Å². The van der Waals surface area contributed by atoms with Gasteiger partial charge in [0.1, 0.15) is 0 Å². The largest absolute Gasteiger partial charge is 0.340 e. The predicted molar refractivity (Wildman–Crippen MR) is 73.6 cm³/mol. The second kappa shape index (κ2) is 5.16. The summed E-state index contributed by atoms with van der Waals surface area (Å²) >= 11 is 1.69. The van der Waals surface area contributed by atoms with Crippen LogP contribution in [-0.2, 0) is 12.8 Å². The zero-order valence-electron chi connectivity index (χ0n) is 11.5. The topological polar surface area (TPSA) is 77.8 Å². The molecule has 0 saturated heterocycles. The van der Waals surface area contributed by atoms with E-state index < -0.39 is 0 Å². The van der Waals surface area contributed by atoms with Crippen LogP contribution in [0.1, 0.15) is 34.9 Å². The predicted octanol–water partition coefficient (Wildman–Crippen LogP) is 2.95. The van der Waals surface area contributed by atoms with Crippen molar-refractivity contribution < 1.29 is 9.05 Å². The molecule has 0 aromatic carbocycles. The van der Waals surface area contributed by atoms with Crippen molar-refractivity contribution in [2.45, 2.75) is 33.6 Å². The fraction of sp³-hybridized carbons (Fsp3) is 0.385. The van der Waals surface area contributed by atoms with Gasteiger partial charge in [0.2, 0.25) is 5.89 Å². The van der Waals surface area contributed by atoms with Crippen LogP contribution in [0.5, 0.6) is 0 Å². The first-order valence-corrected chi connectivity index (χ1v) is 7.18. The number of thiophene rings is 1. The summed E-state index contributed by atoms with van der Waals surface area (Å²) in [6.45, 7) is 5.98. The number of nitrogens with zero attached hydrogens (tertiary/aromatic N) is 4. The second-order valence-corrected chi connectivity index (χ2v) is 5.63. The summed E-state index contributed by atoms with van der Waals surface area (Å²) in [4.78, 5) is 10.9. The highest BCUT2D eigenvalue weighted by Crippen LogP contribution is 2.30. The van der Waals surface area contributed by atoms with E-state index in [-0.39, 0.29) is 0 Å². The number of rotatable bonds is 4. The summed E-state index contributed by atoms with van der Waals surface area (Å²) < 4.78 is 10.2. The highest BCUT2D eigenvalue weighted by Gasteiger charge is 2.15. The third-order valence-electron chi connectivity index (χ3n) is 2.91. The standard InChI is InChI=1S/C13H14N4O2S/c1-4-9-7(2)5-10(20-9)13-15-12(17-19-13)6-11-14-8(3)18-16-11/h5H,4,6H2,1-3H3. The third-order valence-corrected chi connectivity index (χ3v) is 4.28. The summed E-state index contributed by atoms with van der Waals surface area (Å²) in [5, 5.41) is 7.78. The van der Waals surface area contributed by atoms with E-state index in [9.17, 15) is 0 Å². The number of aryl methyl sites for hydroxylation is 3. The Labute approximate surface area is 119 Å². The molecule has 0 aliphatic carbocycles. The smallest absolute Gasteiger partial charge is 0.268 e. The average Bonchev–Trinajstić information content (AvgIpc) is 3.11. The van der Waals surface area contributed by atoms with Gasteiger partial charge in [0.05, 0.1) is 11.3 Å². The van der Waals surface area contributed by atoms with Crippen LogP contribution in [-0.4, -0.2) is 20.3 Å². The third kappa shape index (κ3) is 2.49. The minimum absolute atomic E-state index is 0.409. The summed E-state index contributed by atoms with van der Waals surface area (Å²) in [7, 11) is 0. The molecule has 0 atom stereocenters. The van der Waals surface area contributed by atoms with Gasteiger partial charge in [-0.15, -0.1) is 11.3 Å². The molecule has 0 N–H and O–H groups in total. The molecule has 0 fully saturated rings. The van der Waals surface area contributed by atoms with Gasteiger partial charge < -0.3 is 9.05 Å². The van der Waals surface area contributed by atoms with Crippen LogP contribution in [0.3, 0.4) is 0 Å². The van der Waals surface area contributed by atoms with Crippen LogP contribution in [0.25, 0.3) is 10.8 Å². The van der Waals surface area contributed by atoms with Crippen molar-refractivity contribution in [2.75, 3.05) is 0 Å². The molecule has 0 bridgehead atoms. The van der Waals surface area contributed by atoms with Gasteiger partial charge in [0.25, 0.3) is 5.89 Å². The first kappa shape index (κ1) is 13.0. The highest BCUT2D eigenvalue weighted by molar-refractivity contribution is 7.15. The van der Waals surface area contributed by atoms with Crippen molar-refractivity contribution in [3.05, 3.63) is 34.0 Å². The first-order chi connectivity index (χ1) is 9.65. The van der Waals surface area contributed by atoms with E-state index in [2.05, 4.69) is 40.2 Å². The molecule has 7 heteroatoms. The Bertz CT molecular complexity index is 728. The van der Waals surface area contributed by atoms with E-state index >= 15 is 0 Å². The Morgan fingerprint density at radius 1 is 1.10 bits per heavy atom. The lowest BCUT2D eigenvalue weighted by Crippen LogP contribution is -1.93. The molecule has 3 aromatic heterocycles. The lowest BCUT2D eigenvalue weighted by molar-refractivity contribution is 0.387. The van der Waals surface area contributed by atoms with E-state index in [1.165, 1.54) is 10.4 Å². The summed E-state index contributed by atoms with van der Waals surface area (Å²) in [5.74, 6) is 2.20. The lowest BCUT2D eigenvalue weighted by Gasteiger charge is -1.88. The maximum atomic E-state index is 5.31. The van der Waals surface area contributed by atoms with Crippen molar-refractivity contribution in [3.63, 3.8) is 0 Å². The highest BCUT2D eigenvalue weighted by atomic mass is 32.1. The Hall–Kier alpha value is -2.02. The van der Waals surface area contributed by atoms with Crippen molar-refractivity contribution in [3.8, 4) is 10.8 Å². The molecule has 0 amide bonds. The summed E-state index contributed by atoms with van der Waals surface area (Å²) in [6, 6.07) is 2.08. The molecular weight excluding hydrogens is 276 g/mol. The van der Waals surface area contributed by atoms with Gasteiger partial charge in [-0.3, -0.25) is 0 Å². The molecule has 0 saturated carbocycles. The number of aromatic nitrogens is 4. The van der Waals surface area contributed by atoms with Gasteiger partial charge in [-0.25, -0.2) is 0 Å². The molecule has 3 heterocycles. The molecule has 3 rings (SSSR count). The van der Waals surface area contributed by atoms with Gasteiger partial charge in [0.15, 0.2) is 11.6 Å². The minimum Gasteiger partial charge on any atom is -0.340 e. The quantitative estimate of drug-likeness (QED) is 0.735. The molecule has 6 nitrogen and oxygen atoms in total. The van der Waals surface area contributed by atoms with Crippen LogP contribution >= 0.6 is 11.3 Å². The second-order valence-electron chi connectivity index (χ2n) is 4.49. The van der Waals surface area contributed by atoms with Crippen LogP contribution in [0.2, 0.25) is 0 Å². The van der Waals surface area contributed by atoms with E-state index in [0.29, 0.717) is 29.9 Å². The Morgan fingerprint density at radius 3 is 2.50 bits per heavy atom.